The molecular formula is C23H26N4O2S. The van der Waals surface area contributed by atoms with Crippen molar-refractivity contribution in [2.24, 2.45) is 11.3 Å². The second kappa shape index (κ2) is 7.87. The molecule has 156 valence electrons. The molecule has 1 unspecified atom stereocenters. The van der Waals surface area contributed by atoms with E-state index < -0.39 is 0 Å². The van der Waals surface area contributed by atoms with Gasteiger partial charge >= 0.3 is 0 Å². The maximum Gasteiger partial charge on any atom is 0.270 e. The molecule has 2 N–H and O–H groups in total. The van der Waals surface area contributed by atoms with E-state index in [9.17, 15) is 9.59 Å². The molecule has 1 spiro atoms. The van der Waals surface area contributed by atoms with Crippen LogP contribution in [0.5, 0.6) is 0 Å². The van der Waals surface area contributed by atoms with Crippen LogP contribution in [0.1, 0.15) is 48.2 Å². The van der Waals surface area contributed by atoms with Gasteiger partial charge in [-0.25, -0.2) is 0 Å². The molecule has 4 heterocycles. The first-order valence-electron chi connectivity index (χ1n) is 10.6. The van der Waals surface area contributed by atoms with Crippen LogP contribution in [-0.4, -0.2) is 39.8 Å². The number of amides is 2. The SMILES string of the molecule is O=C(NCc1cccnc1)C1CCC2(CCN(C(=O)c3cc4ccsc4[nH]3)CC2)C1. The van der Waals surface area contributed by atoms with Crippen molar-refractivity contribution in [2.75, 3.05) is 13.1 Å². The highest BCUT2D eigenvalue weighted by Crippen LogP contribution is 2.49. The molecule has 0 aromatic carbocycles. The summed E-state index contributed by atoms with van der Waals surface area (Å²) in [5, 5.41) is 6.21. The van der Waals surface area contributed by atoms with Gasteiger partial charge in [-0.1, -0.05) is 6.07 Å². The van der Waals surface area contributed by atoms with Gasteiger partial charge < -0.3 is 15.2 Å². The number of H-pyrrole nitrogens is 1. The highest BCUT2D eigenvalue weighted by molar-refractivity contribution is 7.16. The smallest absolute Gasteiger partial charge is 0.270 e. The summed E-state index contributed by atoms with van der Waals surface area (Å²) in [7, 11) is 0. The number of carbonyl (C=O) groups is 2. The van der Waals surface area contributed by atoms with E-state index in [2.05, 4.69) is 15.3 Å². The number of thiophene rings is 1. The Balaban J connectivity index is 1.14. The molecule has 1 aliphatic carbocycles. The monoisotopic (exact) mass is 422 g/mol. The zero-order valence-electron chi connectivity index (χ0n) is 16.9. The van der Waals surface area contributed by atoms with Crippen LogP contribution in [0, 0.1) is 11.3 Å². The Kier molecular flexibility index (Phi) is 5.06. The molecule has 6 nitrogen and oxygen atoms in total. The summed E-state index contributed by atoms with van der Waals surface area (Å²) in [6.45, 7) is 2.08. The molecule has 3 aromatic heterocycles. The number of piperidine rings is 1. The molecule has 30 heavy (non-hydrogen) atoms. The van der Waals surface area contributed by atoms with Crippen LogP contribution in [0.15, 0.2) is 42.0 Å². The number of hydrogen-bond acceptors (Lipinski definition) is 4. The first-order valence-corrected chi connectivity index (χ1v) is 11.5. The maximum atomic E-state index is 12.9. The molecule has 2 amide bonds. The number of rotatable bonds is 4. The number of aromatic amines is 1. The standard InChI is InChI=1S/C23H26N4O2S/c28-20(25-15-16-2-1-8-24-14-16)18-3-5-23(13-18)6-9-27(10-7-23)22(29)19-12-17-4-11-30-21(17)26-19/h1-2,4,8,11-12,14,18,26H,3,5-7,9-10,13,15H2,(H,25,28). The zero-order chi connectivity index (χ0) is 20.6. The van der Waals surface area contributed by atoms with E-state index in [1.165, 1.54) is 0 Å². The Hall–Kier alpha value is -2.67. The second-order valence-electron chi connectivity index (χ2n) is 8.70. The lowest BCUT2D eigenvalue weighted by Gasteiger charge is -2.39. The quantitative estimate of drug-likeness (QED) is 0.668. The summed E-state index contributed by atoms with van der Waals surface area (Å²) >= 11 is 1.63. The normalized spacial score (nSPS) is 20.7. The van der Waals surface area contributed by atoms with E-state index in [0.29, 0.717) is 12.2 Å². The van der Waals surface area contributed by atoms with Crippen molar-refractivity contribution in [1.29, 1.82) is 0 Å². The Bertz CT molecular complexity index is 1020. The molecule has 7 heteroatoms. The highest BCUT2D eigenvalue weighted by Gasteiger charge is 2.44. The number of nitrogens with zero attached hydrogens (tertiary/aromatic N) is 2. The predicted octanol–water partition coefficient (Wildman–Crippen LogP) is 3.96. The van der Waals surface area contributed by atoms with Gasteiger partial charge in [-0.15, -0.1) is 11.3 Å². The molecular weight excluding hydrogens is 396 g/mol. The van der Waals surface area contributed by atoms with Crippen molar-refractivity contribution >= 4 is 33.4 Å². The Morgan fingerprint density at radius 1 is 1.27 bits per heavy atom. The van der Waals surface area contributed by atoms with Crippen LogP contribution in [-0.2, 0) is 11.3 Å². The van der Waals surface area contributed by atoms with Crippen molar-refractivity contribution in [3.05, 3.63) is 53.3 Å². The molecule has 2 aliphatic rings. The summed E-state index contributed by atoms with van der Waals surface area (Å²) in [6.07, 6.45) is 8.46. The van der Waals surface area contributed by atoms with E-state index in [0.717, 1.165) is 61.0 Å². The average molecular weight is 423 g/mol. The van der Waals surface area contributed by atoms with Gasteiger partial charge in [-0.2, -0.15) is 0 Å². The van der Waals surface area contributed by atoms with Gasteiger partial charge in [0.2, 0.25) is 5.91 Å². The van der Waals surface area contributed by atoms with Gasteiger partial charge in [0.25, 0.3) is 5.91 Å². The molecule has 1 saturated carbocycles. The Labute approximate surface area is 179 Å². The summed E-state index contributed by atoms with van der Waals surface area (Å²) in [4.78, 5) is 35.9. The lowest BCUT2D eigenvalue weighted by molar-refractivity contribution is -0.125. The fourth-order valence-electron chi connectivity index (χ4n) is 5.04. The van der Waals surface area contributed by atoms with Crippen molar-refractivity contribution in [3.8, 4) is 0 Å². The van der Waals surface area contributed by atoms with Gasteiger partial charge in [-0.3, -0.25) is 14.6 Å². The molecule has 1 saturated heterocycles. The number of aromatic nitrogens is 2. The largest absolute Gasteiger partial charge is 0.352 e. The first-order chi connectivity index (χ1) is 14.6. The van der Waals surface area contributed by atoms with Crippen molar-refractivity contribution in [3.63, 3.8) is 0 Å². The predicted molar refractivity (Wildman–Crippen MR) is 117 cm³/mol. The number of nitrogens with one attached hydrogen (secondary N) is 2. The van der Waals surface area contributed by atoms with Gasteiger partial charge in [-0.05, 0) is 66.7 Å². The maximum absolute atomic E-state index is 12.9. The van der Waals surface area contributed by atoms with E-state index in [1.54, 1.807) is 23.7 Å². The van der Waals surface area contributed by atoms with Crippen molar-refractivity contribution in [1.82, 2.24) is 20.2 Å². The minimum absolute atomic E-state index is 0.0825. The summed E-state index contributed by atoms with van der Waals surface area (Å²) in [6, 6.07) is 7.86. The number of hydrogen-bond donors (Lipinski definition) is 2. The van der Waals surface area contributed by atoms with Gasteiger partial charge in [0, 0.05) is 43.3 Å². The van der Waals surface area contributed by atoms with Crippen LogP contribution >= 0.6 is 11.3 Å². The second-order valence-corrected chi connectivity index (χ2v) is 9.62. The first kappa shape index (κ1) is 19.3. The molecule has 5 rings (SSSR count). The molecule has 2 fully saturated rings. The highest BCUT2D eigenvalue weighted by atomic mass is 32.1. The molecule has 0 radical (unpaired) electrons. The third-order valence-electron chi connectivity index (χ3n) is 6.85. The van der Waals surface area contributed by atoms with Crippen molar-refractivity contribution < 1.29 is 9.59 Å². The topological polar surface area (TPSA) is 78.1 Å². The molecule has 1 atom stereocenters. The van der Waals surface area contributed by atoms with E-state index in [1.807, 2.05) is 34.5 Å². The number of likely N-dealkylation sites (tertiary alicyclic amines) is 1. The number of fused-ring (bicyclic) bond motifs is 1. The van der Waals surface area contributed by atoms with Gasteiger partial charge in [0.15, 0.2) is 0 Å². The summed E-state index contributed by atoms with van der Waals surface area (Å²) < 4.78 is 0. The molecule has 1 aliphatic heterocycles. The summed E-state index contributed by atoms with van der Waals surface area (Å²) in [5.41, 5.74) is 1.92. The average Bonchev–Trinajstić information content (AvgIpc) is 3.48. The minimum atomic E-state index is 0.0825. The number of carbonyl (C=O) groups excluding carboxylic acids is 2. The van der Waals surface area contributed by atoms with Gasteiger partial charge in [0.05, 0.1) is 0 Å². The van der Waals surface area contributed by atoms with Gasteiger partial charge in [0.1, 0.15) is 10.5 Å². The molecule has 0 bridgehead atoms. The number of pyridine rings is 1. The third kappa shape index (κ3) is 3.74. The van der Waals surface area contributed by atoms with Crippen LogP contribution in [0.25, 0.3) is 10.2 Å². The van der Waals surface area contributed by atoms with E-state index >= 15 is 0 Å². The van der Waals surface area contributed by atoms with Crippen LogP contribution in [0.2, 0.25) is 0 Å². The van der Waals surface area contributed by atoms with Crippen LogP contribution < -0.4 is 5.32 Å². The Morgan fingerprint density at radius 2 is 2.13 bits per heavy atom. The fourth-order valence-corrected chi connectivity index (χ4v) is 5.82. The fraction of sp³-hybridized carbons (Fsp3) is 0.435. The lowest BCUT2D eigenvalue weighted by Crippen LogP contribution is -2.42. The lowest BCUT2D eigenvalue weighted by atomic mass is 9.76. The van der Waals surface area contributed by atoms with E-state index in [-0.39, 0.29) is 23.1 Å². The van der Waals surface area contributed by atoms with E-state index in [4.69, 9.17) is 0 Å². The molecule has 3 aromatic rings. The third-order valence-corrected chi connectivity index (χ3v) is 7.69. The zero-order valence-corrected chi connectivity index (χ0v) is 17.7. The Morgan fingerprint density at radius 3 is 2.90 bits per heavy atom. The van der Waals surface area contributed by atoms with Crippen LogP contribution in [0.4, 0.5) is 0 Å². The summed E-state index contributed by atoms with van der Waals surface area (Å²) in [5.74, 6) is 0.330. The van der Waals surface area contributed by atoms with Crippen molar-refractivity contribution in [2.45, 2.75) is 38.6 Å². The van der Waals surface area contributed by atoms with Crippen LogP contribution in [0.3, 0.4) is 0 Å². The minimum Gasteiger partial charge on any atom is -0.352 e.